The van der Waals surface area contributed by atoms with Crippen LogP contribution in [0.1, 0.15) is 27.9 Å². The van der Waals surface area contributed by atoms with Gasteiger partial charge < -0.3 is 15.4 Å². The summed E-state index contributed by atoms with van der Waals surface area (Å²) in [6, 6.07) is 14.2. The summed E-state index contributed by atoms with van der Waals surface area (Å²) in [5, 5.41) is 5.27. The van der Waals surface area contributed by atoms with Crippen molar-refractivity contribution in [2.75, 3.05) is 18.5 Å². The Labute approximate surface area is 167 Å². The second-order valence-electron chi connectivity index (χ2n) is 6.47. The van der Waals surface area contributed by atoms with E-state index in [2.05, 4.69) is 10.6 Å². The number of benzene rings is 2. The van der Waals surface area contributed by atoms with Crippen molar-refractivity contribution in [3.05, 3.63) is 71.3 Å². The van der Waals surface area contributed by atoms with E-state index in [9.17, 15) is 19.2 Å². The van der Waals surface area contributed by atoms with Gasteiger partial charge in [-0.05, 0) is 35.4 Å². The fourth-order valence-electron chi connectivity index (χ4n) is 2.79. The lowest BCUT2D eigenvalue weighted by Crippen LogP contribution is -2.25. The molecule has 0 aromatic heterocycles. The van der Waals surface area contributed by atoms with Gasteiger partial charge >= 0.3 is 5.97 Å². The standard InChI is InChI=1S/C22H20N2O5/c25-19(16-7-8-18-17(12-16)13-21(27)24-18)14-29-22(28)10-11-23-20(26)9-6-15-4-2-1-3-5-15/h1-9,12H,10-11,13-14H2,(H,23,26)(H,24,27)/b9-6+. The van der Waals surface area contributed by atoms with E-state index >= 15 is 0 Å². The van der Waals surface area contributed by atoms with E-state index in [4.69, 9.17) is 4.74 Å². The lowest BCUT2D eigenvalue weighted by atomic mass is 10.1. The van der Waals surface area contributed by atoms with Crippen LogP contribution >= 0.6 is 0 Å². The summed E-state index contributed by atoms with van der Waals surface area (Å²) < 4.78 is 4.97. The van der Waals surface area contributed by atoms with Gasteiger partial charge in [-0.3, -0.25) is 19.2 Å². The number of carbonyl (C=O) groups is 4. The zero-order valence-electron chi connectivity index (χ0n) is 15.6. The molecule has 3 rings (SSSR count). The monoisotopic (exact) mass is 392 g/mol. The van der Waals surface area contributed by atoms with Crippen molar-refractivity contribution in [1.82, 2.24) is 5.32 Å². The zero-order chi connectivity index (χ0) is 20.6. The molecule has 1 aliphatic rings. The topological polar surface area (TPSA) is 102 Å². The minimum atomic E-state index is -0.580. The first-order valence-corrected chi connectivity index (χ1v) is 9.14. The molecule has 0 aliphatic carbocycles. The van der Waals surface area contributed by atoms with Crippen LogP contribution in [0.3, 0.4) is 0 Å². The number of rotatable bonds is 8. The summed E-state index contributed by atoms with van der Waals surface area (Å²) >= 11 is 0. The van der Waals surface area contributed by atoms with E-state index in [0.29, 0.717) is 11.3 Å². The van der Waals surface area contributed by atoms with Gasteiger partial charge in [0.25, 0.3) is 0 Å². The molecular weight excluding hydrogens is 372 g/mol. The lowest BCUT2D eigenvalue weighted by Gasteiger charge is -2.06. The third-order valence-corrected chi connectivity index (χ3v) is 4.27. The maximum atomic E-state index is 12.2. The molecule has 2 aromatic rings. The van der Waals surface area contributed by atoms with Gasteiger partial charge in [0.2, 0.25) is 11.8 Å². The second kappa shape index (κ2) is 9.45. The maximum absolute atomic E-state index is 12.2. The Hall–Kier alpha value is -3.74. The molecule has 7 nitrogen and oxygen atoms in total. The smallest absolute Gasteiger partial charge is 0.308 e. The van der Waals surface area contributed by atoms with Crippen LogP contribution in [0.5, 0.6) is 0 Å². The van der Waals surface area contributed by atoms with Crippen LogP contribution in [0, 0.1) is 0 Å². The summed E-state index contributed by atoms with van der Waals surface area (Å²) in [7, 11) is 0. The molecule has 1 aliphatic heterocycles. The van der Waals surface area contributed by atoms with Crippen molar-refractivity contribution in [2.45, 2.75) is 12.8 Å². The van der Waals surface area contributed by atoms with Crippen molar-refractivity contribution >= 4 is 35.3 Å². The van der Waals surface area contributed by atoms with Gasteiger partial charge in [-0.2, -0.15) is 0 Å². The molecule has 0 atom stereocenters. The number of carbonyl (C=O) groups excluding carboxylic acids is 4. The largest absolute Gasteiger partial charge is 0.457 e. The summed E-state index contributed by atoms with van der Waals surface area (Å²) in [5.74, 6) is -1.37. The molecule has 2 amide bonds. The average molecular weight is 392 g/mol. The van der Waals surface area contributed by atoms with E-state index in [1.54, 1.807) is 24.3 Å². The molecule has 29 heavy (non-hydrogen) atoms. The molecule has 0 bridgehead atoms. The first-order chi connectivity index (χ1) is 14.0. The number of nitrogens with one attached hydrogen (secondary N) is 2. The Kier molecular flexibility index (Phi) is 6.52. The minimum absolute atomic E-state index is 0.0409. The number of hydrogen-bond acceptors (Lipinski definition) is 5. The normalized spacial score (nSPS) is 12.3. The highest BCUT2D eigenvalue weighted by Gasteiger charge is 2.19. The summed E-state index contributed by atoms with van der Waals surface area (Å²) in [6.45, 7) is -0.279. The molecule has 0 saturated heterocycles. The molecule has 1 heterocycles. The zero-order valence-corrected chi connectivity index (χ0v) is 15.6. The van der Waals surface area contributed by atoms with Crippen molar-refractivity contribution in [2.24, 2.45) is 0 Å². The number of ether oxygens (including phenoxy) is 1. The number of hydrogen-bond donors (Lipinski definition) is 2. The maximum Gasteiger partial charge on any atom is 0.308 e. The lowest BCUT2D eigenvalue weighted by molar-refractivity contribution is -0.142. The molecule has 0 unspecified atom stereocenters. The number of ketones is 1. The van der Waals surface area contributed by atoms with E-state index in [1.807, 2.05) is 30.3 Å². The van der Waals surface area contributed by atoms with Crippen LogP contribution in [0.15, 0.2) is 54.6 Å². The van der Waals surface area contributed by atoms with E-state index in [0.717, 1.165) is 11.1 Å². The summed E-state index contributed by atoms with van der Waals surface area (Å²) in [4.78, 5) is 47.0. The van der Waals surface area contributed by atoms with Gasteiger partial charge in [-0.15, -0.1) is 0 Å². The highest BCUT2D eigenvalue weighted by molar-refractivity contribution is 6.02. The van der Waals surface area contributed by atoms with Crippen LogP contribution in [0.2, 0.25) is 0 Å². The van der Waals surface area contributed by atoms with E-state index in [-0.39, 0.29) is 43.6 Å². The Balaban J connectivity index is 1.37. The van der Waals surface area contributed by atoms with E-state index < -0.39 is 5.97 Å². The second-order valence-corrected chi connectivity index (χ2v) is 6.47. The quantitative estimate of drug-likeness (QED) is 0.407. The fourth-order valence-corrected chi connectivity index (χ4v) is 2.79. The molecular formula is C22H20N2O5. The van der Waals surface area contributed by atoms with Crippen LogP contribution in [-0.4, -0.2) is 36.7 Å². The van der Waals surface area contributed by atoms with Gasteiger partial charge in [-0.1, -0.05) is 30.3 Å². The summed E-state index contributed by atoms with van der Waals surface area (Å²) in [5.41, 5.74) is 2.72. The number of anilines is 1. The third-order valence-electron chi connectivity index (χ3n) is 4.27. The van der Waals surface area contributed by atoms with Gasteiger partial charge in [-0.25, -0.2) is 0 Å². The number of amides is 2. The van der Waals surface area contributed by atoms with Crippen LogP contribution in [0.25, 0.3) is 6.08 Å². The first kappa shape index (κ1) is 20.0. The van der Waals surface area contributed by atoms with Crippen molar-refractivity contribution in [3.8, 4) is 0 Å². The average Bonchev–Trinajstić information content (AvgIpc) is 3.10. The van der Waals surface area contributed by atoms with Gasteiger partial charge in [0.15, 0.2) is 12.4 Å². The number of Topliss-reactive ketones (excluding diaryl/α,β-unsaturated/α-hetero) is 1. The highest BCUT2D eigenvalue weighted by Crippen LogP contribution is 2.24. The van der Waals surface area contributed by atoms with Crippen LogP contribution in [-0.2, 0) is 25.5 Å². The van der Waals surface area contributed by atoms with Crippen LogP contribution in [0.4, 0.5) is 5.69 Å². The van der Waals surface area contributed by atoms with Crippen LogP contribution < -0.4 is 10.6 Å². The Morgan fingerprint density at radius 3 is 2.69 bits per heavy atom. The van der Waals surface area contributed by atoms with Gasteiger partial charge in [0.05, 0.1) is 12.8 Å². The highest BCUT2D eigenvalue weighted by atomic mass is 16.5. The molecule has 0 fully saturated rings. The van der Waals surface area contributed by atoms with Gasteiger partial charge in [0.1, 0.15) is 0 Å². The third kappa shape index (κ3) is 5.87. The van der Waals surface area contributed by atoms with Crippen molar-refractivity contribution in [1.29, 1.82) is 0 Å². The van der Waals surface area contributed by atoms with Crippen molar-refractivity contribution in [3.63, 3.8) is 0 Å². The SMILES string of the molecule is O=C(/C=C/c1ccccc1)NCCC(=O)OCC(=O)c1ccc2c(c1)CC(=O)N2. The fraction of sp³-hybridized carbons (Fsp3) is 0.182. The first-order valence-electron chi connectivity index (χ1n) is 9.14. The molecule has 2 N–H and O–H groups in total. The summed E-state index contributed by atoms with van der Waals surface area (Å²) in [6.07, 6.45) is 3.25. The molecule has 0 radical (unpaired) electrons. The Bertz CT molecular complexity index is 966. The van der Waals surface area contributed by atoms with Gasteiger partial charge in [0, 0.05) is 23.9 Å². The predicted molar refractivity (Wildman–Crippen MR) is 107 cm³/mol. The van der Waals surface area contributed by atoms with E-state index in [1.165, 1.54) is 6.08 Å². The Morgan fingerprint density at radius 2 is 1.90 bits per heavy atom. The molecule has 0 spiro atoms. The van der Waals surface area contributed by atoms with Crippen molar-refractivity contribution < 1.29 is 23.9 Å². The number of esters is 1. The Morgan fingerprint density at radius 1 is 1.10 bits per heavy atom. The predicted octanol–water partition coefficient (Wildman–Crippen LogP) is 2.13. The number of fused-ring (bicyclic) bond motifs is 1. The molecule has 0 saturated carbocycles. The molecule has 7 heteroatoms. The minimum Gasteiger partial charge on any atom is -0.457 e. The molecule has 2 aromatic carbocycles. The molecule has 148 valence electrons.